The fourth-order valence-electron chi connectivity index (χ4n) is 1.62. The molecule has 0 radical (unpaired) electrons. The second-order valence-corrected chi connectivity index (χ2v) is 7.60. The SMILES string of the molecule is O=C(OC(Oc1ccccc1)c1ccccc1)C(Br)=C(Br)Br. The Labute approximate surface area is 153 Å². The zero-order chi connectivity index (χ0) is 15.9. The minimum absolute atomic E-state index is 0.241. The maximum Gasteiger partial charge on any atom is 0.350 e. The molecule has 0 saturated heterocycles. The van der Waals surface area contributed by atoms with Gasteiger partial charge >= 0.3 is 5.97 Å². The van der Waals surface area contributed by atoms with Crippen LogP contribution in [-0.4, -0.2) is 5.97 Å². The van der Waals surface area contributed by atoms with Crippen LogP contribution in [0.2, 0.25) is 0 Å². The van der Waals surface area contributed by atoms with Crippen molar-refractivity contribution in [3.63, 3.8) is 0 Å². The fourth-order valence-corrected chi connectivity index (χ4v) is 2.04. The van der Waals surface area contributed by atoms with Gasteiger partial charge in [-0.05, 0) is 59.9 Å². The van der Waals surface area contributed by atoms with E-state index in [9.17, 15) is 4.79 Å². The van der Waals surface area contributed by atoms with Crippen LogP contribution in [0.15, 0.2) is 68.5 Å². The largest absolute Gasteiger partial charge is 0.450 e. The average Bonchev–Trinajstić information content (AvgIpc) is 2.55. The van der Waals surface area contributed by atoms with Crippen LogP contribution in [0.5, 0.6) is 5.75 Å². The molecule has 2 rings (SSSR count). The highest BCUT2D eigenvalue weighted by Gasteiger charge is 2.21. The lowest BCUT2D eigenvalue weighted by atomic mass is 10.2. The number of hydrogen-bond donors (Lipinski definition) is 0. The summed E-state index contributed by atoms with van der Waals surface area (Å²) in [7, 11) is 0. The molecule has 114 valence electrons. The van der Waals surface area contributed by atoms with Gasteiger partial charge in [0.25, 0.3) is 6.29 Å². The highest BCUT2D eigenvalue weighted by molar-refractivity contribution is 9.29. The Hall–Kier alpha value is -1.11. The standard InChI is InChI=1S/C16H11Br3O3/c17-13(14(18)19)15(20)22-16(11-7-3-1-4-8-11)21-12-9-5-2-6-10-12/h1-10,16H. The van der Waals surface area contributed by atoms with Gasteiger partial charge in [0, 0.05) is 5.56 Å². The Balaban J connectivity index is 2.23. The lowest BCUT2D eigenvalue weighted by Crippen LogP contribution is -2.17. The van der Waals surface area contributed by atoms with E-state index < -0.39 is 12.3 Å². The summed E-state index contributed by atoms with van der Waals surface area (Å²) in [4.78, 5) is 12.1. The van der Waals surface area contributed by atoms with E-state index in [1.165, 1.54) is 0 Å². The molecule has 1 unspecified atom stereocenters. The van der Waals surface area contributed by atoms with Crippen molar-refractivity contribution in [1.29, 1.82) is 0 Å². The van der Waals surface area contributed by atoms with Gasteiger partial charge in [0.2, 0.25) is 0 Å². The molecule has 2 aromatic rings. The Morgan fingerprint density at radius 3 is 1.95 bits per heavy atom. The van der Waals surface area contributed by atoms with Gasteiger partial charge in [0.05, 0.1) is 3.39 Å². The molecule has 3 nitrogen and oxygen atoms in total. The van der Waals surface area contributed by atoms with Gasteiger partial charge in [-0.25, -0.2) is 4.79 Å². The molecule has 0 saturated carbocycles. The van der Waals surface area contributed by atoms with Crippen molar-refractivity contribution in [3.8, 4) is 5.75 Å². The Bertz CT molecular complexity index is 653. The molecule has 0 aromatic heterocycles. The van der Waals surface area contributed by atoms with Crippen LogP contribution in [-0.2, 0) is 9.53 Å². The summed E-state index contributed by atoms with van der Waals surface area (Å²) < 4.78 is 11.9. The predicted octanol–water partition coefficient (Wildman–Crippen LogP) is 5.66. The third-order valence-electron chi connectivity index (χ3n) is 2.62. The van der Waals surface area contributed by atoms with Crippen molar-refractivity contribution < 1.29 is 14.3 Å². The third kappa shape index (κ3) is 4.97. The number of esters is 1. The Kier molecular flexibility index (Phi) is 6.67. The summed E-state index contributed by atoms with van der Waals surface area (Å²) in [6.45, 7) is 0. The van der Waals surface area contributed by atoms with Crippen LogP contribution in [0.25, 0.3) is 0 Å². The zero-order valence-corrected chi connectivity index (χ0v) is 16.0. The van der Waals surface area contributed by atoms with E-state index in [4.69, 9.17) is 9.47 Å². The van der Waals surface area contributed by atoms with Crippen molar-refractivity contribution in [1.82, 2.24) is 0 Å². The summed E-state index contributed by atoms with van der Waals surface area (Å²) in [5.74, 6) is 0.0655. The van der Waals surface area contributed by atoms with Gasteiger partial charge in [-0.1, -0.05) is 48.5 Å². The van der Waals surface area contributed by atoms with Crippen LogP contribution in [0.4, 0.5) is 0 Å². The summed E-state index contributed by atoms with van der Waals surface area (Å²) in [5, 5.41) is 0. The molecular weight excluding hydrogens is 480 g/mol. The monoisotopic (exact) mass is 488 g/mol. The lowest BCUT2D eigenvalue weighted by Gasteiger charge is -2.19. The van der Waals surface area contributed by atoms with Crippen LogP contribution in [0.3, 0.4) is 0 Å². The van der Waals surface area contributed by atoms with Gasteiger partial charge in [-0.2, -0.15) is 0 Å². The van der Waals surface area contributed by atoms with E-state index in [0.29, 0.717) is 9.14 Å². The number of hydrogen-bond acceptors (Lipinski definition) is 3. The van der Waals surface area contributed by atoms with Gasteiger partial charge in [-0.3, -0.25) is 0 Å². The van der Waals surface area contributed by atoms with Crippen molar-refractivity contribution in [3.05, 3.63) is 74.1 Å². The smallest absolute Gasteiger partial charge is 0.350 e. The van der Waals surface area contributed by atoms with Crippen LogP contribution in [0, 0.1) is 0 Å². The summed E-state index contributed by atoms with van der Waals surface area (Å²) in [5.41, 5.74) is 0.741. The number of carbonyl (C=O) groups excluding carboxylic acids is 1. The minimum atomic E-state index is -0.844. The molecule has 0 N–H and O–H groups in total. The Morgan fingerprint density at radius 2 is 1.41 bits per heavy atom. The number of ether oxygens (including phenoxy) is 2. The van der Waals surface area contributed by atoms with Gasteiger partial charge in [-0.15, -0.1) is 0 Å². The molecule has 0 aliphatic carbocycles. The van der Waals surface area contributed by atoms with Gasteiger partial charge in [0.15, 0.2) is 0 Å². The predicted molar refractivity (Wildman–Crippen MR) is 96.2 cm³/mol. The van der Waals surface area contributed by atoms with Crippen molar-refractivity contribution in [2.75, 3.05) is 0 Å². The molecule has 0 bridgehead atoms. The van der Waals surface area contributed by atoms with Gasteiger partial charge in [0.1, 0.15) is 10.2 Å². The first-order valence-electron chi connectivity index (χ1n) is 6.26. The van der Waals surface area contributed by atoms with E-state index in [0.717, 1.165) is 5.56 Å². The Morgan fingerprint density at radius 1 is 0.864 bits per heavy atom. The van der Waals surface area contributed by atoms with E-state index in [-0.39, 0.29) is 4.48 Å². The first-order valence-corrected chi connectivity index (χ1v) is 8.64. The summed E-state index contributed by atoms with van der Waals surface area (Å²) in [6.07, 6.45) is -0.844. The molecule has 0 spiro atoms. The van der Waals surface area contributed by atoms with Crippen LogP contribution < -0.4 is 4.74 Å². The molecule has 0 amide bonds. The third-order valence-corrected chi connectivity index (χ3v) is 5.19. The van der Waals surface area contributed by atoms with Crippen LogP contribution in [0.1, 0.15) is 11.9 Å². The molecular formula is C16H11Br3O3. The average molecular weight is 491 g/mol. The summed E-state index contributed by atoms with van der Waals surface area (Å²) in [6, 6.07) is 18.5. The molecule has 22 heavy (non-hydrogen) atoms. The van der Waals surface area contributed by atoms with E-state index >= 15 is 0 Å². The summed E-state index contributed by atoms with van der Waals surface area (Å²) >= 11 is 9.47. The molecule has 0 aliphatic rings. The molecule has 0 aliphatic heterocycles. The number of carbonyl (C=O) groups is 1. The fraction of sp³-hybridized carbons (Fsp3) is 0.0625. The van der Waals surface area contributed by atoms with E-state index in [1.807, 2.05) is 48.5 Å². The minimum Gasteiger partial charge on any atom is -0.450 e. The molecule has 0 heterocycles. The van der Waals surface area contributed by atoms with Gasteiger partial charge < -0.3 is 9.47 Å². The second kappa shape index (κ2) is 8.50. The van der Waals surface area contributed by atoms with Crippen molar-refractivity contribution in [2.24, 2.45) is 0 Å². The first kappa shape index (κ1) is 17.2. The first-order chi connectivity index (χ1) is 10.6. The maximum absolute atomic E-state index is 12.1. The quantitative estimate of drug-likeness (QED) is 0.308. The highest BCUT2D eigenvalue weighted by atomic mass is 79.9. The number of rotatable bonds is 5. The number of halogens is 3. The van der Waals surface area contributed by atoms with Crippen molar-refractivity contribution in [2.45, 2.75) is 6.29 Å². The maximum atomic E-state index is 12.1. The van der Waals surface area contributed by atoms with Crippen LogP contribution >= 0.6 is 47.8 Å². The zero-order valence-electron chi connectivity index (χ0n) is 11.2. The van der Waals surface area contributed by atoms with E-state index in [2.05, 4.69) is 47.8 Å². The molecule has 1 atom stereocenters. The molecule has 0 fully saturated rings. The van der Waals surface area contributed by atoms with Crippen molar-refractivity contribution >= 4 is 53.8 Å². The molecule has 2 aromatic carbocycles. The topological polar surface area (TPSA) is 35.5 Å². The number of para-hydroxylation sites is 1. The van der Waals surface area contributed by atoms with E-state index in [1.54, 1.807) is 12.1 Å². The number of benzene rings is 2. The lowest BCUT2D eigenvalue weighted by molar-refractivity contribution is -0.159. The second-order valence-electron chi connectivity index (χ2n) is 4.15. The normalized spacial score (nSPS) is 11.4. The highest BCUT2D eigenvalue weighted by Crippen LogP contribution is 2.28. The molecule has 6 heteroatoms.